The van der Waals surface area contributed by atoms with E-state index >= 15 is 0 Å². The van der Waals surface area contributed by atoms with Crippen LogP contribution >= 0.6 is 0 Å². The molecule has 0 bridgehead atoms. The number of fused-ring (bicyclic) bond motifs is 2. The molecule has 2 aromatic rings. The highest BCUT2D eigenvalue weighted by molar-refractivity contribution is 5.98. The summed E-state index contributed by atoms with van der Waals surface area (Å²) in [5.74, 6) is 1.04. The summed E-state index contributed by atoms with van der Waals surface area (Å²) >= 11 is 0. The minimum absolute atomic E-state index is 0.0839. The van der Waals surface area contributed by atoms with Crippen molar-refractivity contribution < 1.29 is 14.0 Å². The van der Waals surface area contributed by atoms with E-state index in [1.54, 1.807) is 11.0 Å². The van der Waals surface area contributed by atoms with Crippen LogP contribution in [-0.4, -0.2) is 44.7 Å². The standard InChI is InChI=1S/C19H23FN6O2/c1-10(2)16-23-24-17-11(3)25(8-9-26(16)17)19(28)22-14-5-4-13-12(15(14)20)6-7-21-18(13)27/h4-5,10-11H,6-9H2,1-3H3,(H,21,27)(H,22,28). The molecule has 3 heterocycles. The van der Waals surface area contributed by atoms with Crippen molar-refractivity contribution in [3.8, 4) is 0 Å². The monoisotopic (exact) mass is 386 g/mol. The number of carbonyl (C=O) groups is 2. The number of rotatable bonds is 2. The molecule has 0 spiro atoms. The second kappa shape index (κ2) is 6.88. The summed E-state index contributed by atoms with van der Waals surface area (Å²) in [4.78, 5) is 26.3. The molecule has 2 aliphatic rings. The van der Waals surface area contributed by atoms with Crippen LogP contribution in [0.4, 0.5) is 14.9 Å². The molecule has 28 heavy (non-hydrogen) atoms. The fraction of sp³-hybridized carbons (Fsp3) is 0.474. The van der Waals surface area contributed by atoms with Crippen LogP contribution in [0.1, 0.15) is 60.3 Å². The molecular formula is C19H23FN6O2. The van der Waals surface area contributed by atoms with Crippen LogP contribution in [0.25, 0.3) is 0 Å². The van der Waals surface area contributed by atoms with Crippen molar-refractivity contribution in [3.63, 3.8) is 0 Å². The van der Waals surface area contributed by atoms with Gasteiger partial charge < -0.3 is 20.1 Å². The van der Waals surface area contributed by atoms with Gasteiger partial charge in [0.1, 0.15) is 5.82 Å². The Morgan fingerprint density at radius 1 is 1.32 bits per heavy atom. The molecule has 0 saturated heterocycles. The van der Waals surface area contributed by atoms with Gasteiger partial charge in [-0.3, -0.25) is 4.79 Å². The predicted molar refractivity (Wildman–Crippen MR) is 101 cm³/mol. The molecule has 148 valence electrons. The van der Waals surface area contributed by atoms with Crippen molar-refractivity contribution in [2.24, 2.45) is 0 Å². The molecule has 4 rings (SSSR count). The quantitative estimate of drug-likeness (QED) is 0.829. The molecule has 2 N–H and O–H groups in total. The third-order valence-electron chi connectivity index (χ3n) is 5.38. The van der Waals surface area contributed by atoms with Crippen molar-refractivity contribution in [1.29, 1.82) is 0 Å². The molecule has 2 aliphatic heterocycles. The number of nitrogens with one attached hydrogen (secondary N) is 2. The summed E-state index contributed by atoms with van der Waals surface area (Å²) in [7, 11) is 0. The fourth-order valence-electron chi connectivity index (χ4n) is 3.87. The molecular weight excluding hydrogens is 363 g/mol. The van der Waals surface area contributed by atoms with E-state index in [9.17, 15) is 14.0 Å². The van der Waals surface area contributed by atoms with E-state index in [1.165, 1.54) is 6.07 Å². The number of urea groups is 1. The number of hydrogen-bond acceptors (Lipinski definition) is 4. The Labute approximate surface area is 162 Å². The second-order valence-corrected chi connectivity index (χ2v) is 7.48. The average molecular weight is 386 g/mol. The lowest BCUT2D eigenvalue weighted by atomic mass is 9.99. The molecule has 1 aromatic heterocycles. The van der Waals surface area contributed by atoms with Crippen LogP contribution in [0.15, 0.2) is 12.1 Å². The fourth-order valence-corrected chi connectivity index (χ4v) is 3.87. The highest BCUT2D eigenvalue weighted by Gasteiger charge is 2.32. The Kier molecular flexibility index (Phi) is 4.52. The molecule has 8 nitrogen and oxygen atoms in total. The van der Waals surface area contributed by atoms with E-state index in [-0.39, 0.29) is 23.6 Å². The van der Waals surface area contributed by atoms with Crippen LogP contribution in [0.3, 0.4) is 0 Å². The third-order valence-corrected chi connectivity index (χ3v) is 5.38. The highest BCUT2D eigenvalue weighted by Crippen LogP contribution is 2.29. The molecule has 0 fully saturated rings. The third kappa shape index (κ3) is 2.90. The Balaban J connectivity index is 1.55. The zero-order valence-electron chi connectivity index (χ0n) is 16.1. The lowest BCUT2D eigenvalue weighted by Crippen LogP contribution is -2.44. The normalized spacial score (nSPS) is 18.5. The number of aromatic nitrogens is 3. The van der Waals surface area contributed by atoms with Crippen molar-refractivity contribution in [2.75, 3.05) is 18.4 Å². The summed E-state index contributed by atoms with van der Waals surface area (Å²) in [5.41, 5.74) is 0.748. The summed E-state index contributed by atoms with van der Waals surface area (Å²) < 4.78 is 16.9. The van der Waals surface area contributed by atoms with Gasteiger partial charge in [0, 0.05) is 36.7 Å². The zero-order valence-corrected chi connectivity index (χ0v) is 16.1. The number of carbonyl (C=O) groups excluding carboxylic acids is 2. The summed E-state index contributed by atoms with van der Waals surface area (Å²) in [6.07, 6.45) is 0.401. The maximum atomic E-state index is 14.8. The smallest absolute Gasteiger partial charge is 0.322 e. The number of anilines is 1. The molecule has 3 amide bonds. The van der Waals surface area contributed by atoms with E-state index in [4.69, 9.17) is 0 Å². The number of benzene rings is 1. The molecule has 0 aliphatic carbocycles. The van der Waals surface area contributed by atoms with Crippen LogP contribution in [0, 0.1) is 5.82 Å². The summed E-state index contributed by atoms with van der Waals surface area (Å²) in [6.45, 7) is 7.46. The Morgan fingerprint density at radius 3 is 2.86 bits per heavy atom. The maximum absolute atomic E-state index is 14.8. The first-order valence-corrected chi connectivity index (χ1v) is 9.48. The topological polar surface area (TPSA) is 92.2 Å². The summed E-state index contributed by atoms with van der Waals surface area (Å²) in [6, 6.07) is 2.31. The SMILES string of the molecule is CC(C)c1nnc2n1CCN(C(=O)Nc1ccc3c(c1F)CCNC3=O)C2C. The van der Waals surface area contributed by atoms with Crippen LogP contribution in [0.2, 0.25) is 0 Å². The van der Waals surface area contributed by atoms with Gasteiger partial charge in [-0.05, 0) is 25.5 Å². The largest absolute Gasteiger partial charge is 0.352 e. The first-order valence-electron chi connectivity index (χ1n) is 9.48. The van der Waals surface area contributed by atoms with E-state index < -0.39 is 11.8 Å². The first kappa shape index (κ1) is 18.4. The number of amides is 3. The van der Waals surface area contributed by atoms with Gasteiger partial charge in [0.2, 0.25) is 0 Å². The van der Waals surface area contributed by atoms with Crippen molar-refractivity contribution in [3.05, 3.63) is 40.7 Å². The zero-order chi connectivity index (χ0) is 20.0. The van der Waals surface area contributed by atoms with Crippen molar-refractivity contribution in [1.82, 2.24) is 25.0 Å². The van der Waals surface area contributed by atoms with E-state index in [2.05, 4.69) is 39.2 Å². The number of halogens is 1. The van der Waals surface area contributed by atoms with Crippen molar-refractivity contribution in [2.45, 2.75) is 45.7 Å². The molecule has 1 atom stereocenters. The summed E-state index contributed by atoms with van der Waals surface area (Å²) in [5, 5.41) is 13.9. The Morgan fingerprint density at radius 2 is 2.11 bits per heavy atom. The number of nitrogens with zero attached hydrogens (tertiary/aromatic N) is 4. The molecule has 1 unspecified atom stereocenters. The molecule has 9 heteroatoms. The first-order chi connectivity index (χ1) is 13.4. The van der Waals surface area contributed by atoms with Gasteiger partial charge in [0.25, 0.3) is 5.91 Å². The number of hydrogen-bond donors (Lipinski definition) is 2. The molecule has 1 aromatic carbocycles. The van der Waals surface area contributed by atoms with Gasteiger partial charge in [-0.1, -0.05) is 13.8 Å². The van der Waals surface area contributed by atoms with E-state index in [1.807, 2.05) is 6.92 Å². The van der Waals surface area contributed by atoms with Crippen LogP contribution < -0.4 is 10.6 Å². The van der Waals surface area contributed by atoms with Gasteiger partial charge in [-0.25, -0.2) is 9.18 Å². The second-order valence-electron chi connectivity index (χ2n) is 7.48. The van der Waals surface area contributed by atoms with Gasteiger partial charge >= 0.3 is 6.03 Å². The van der Waals surface area contributed by atoms with Gasteiger partial charge in [-0.15, -0.1) is 10.2 Å². The molecule has 0 radical (unpaired) electrons. The molecule has 0 saturated carbocycles. The van der Waals surface area contributed by atoms with Crippen molar-refractivity contribution >= 4 is 17.6 Å². The average Bonchev–Trinajstić information content (AvgIpc) is 3.10. The lowest BCUT2D eigenvalue weighted by Gasteiger charge is -2.34. The van der Waals surface area contributed by atoms with Gasteiger partial charge in [0.05, 0.1) is 11.7 Å². The highest BCUT2D eigenvalue weighted by atomic mass is 19.1. The van der Waals surface area contributed by atoms with Crippen LogP contribution in [0.5, 0.6) is 0 Å². The minimum Gasteiger partial charge on any atom is -0.352 e. The Hall–Kier alpha value is -2.97. The lowest BCUT2D eigenvalue weighted by molar-refractivity contribution is 0.0945. The predicted octanol–water partition coefficient (Wildman–Crippen LogP) is 2.44. The van der Waals surface area contributed by atoms with Crippen LogP contribution in [-0.2, 0) is 13.0 Å². The minimum atomic E-state index is -0.546. The van der Waals surface area contributed by atoms with Gasteiger partial charge in [-0.2, -0.15) is 0 Å². The van der Waals surface area contributed by atoms with E-state index in [0.717, 1.165) is 11.6 Å². The van der Waals surface area contributed by atoms with Gasteiger partial charge in [0.15, 0.2) is 11.6 Å². The van der Waals surface area contributed by atoms with E-state index in [0.29, 0.717) is 37.2 Å². The Bertz CT molecular complexity index is 954. The maximum Gasteiger partial charge on any atom is 0.322 e.